The van der Waals surface area contributed by atoms with Crippen LogP contribution in [0.5, 0.6) is 0 Å². The lowest BCUT2D eigenvalue weighted by molar-refractivity contribution is -0.438. The molecule has 1 radical (unpaired) electrons. The van der Waals surface area contributed by atoms with E-state index >= 15 is 0 Å². The molecular formula is C10H20NO2. The van der Waals surface area contributed by atoms with Crippen molar-refractivity contribution in [1.82, 2.24) is 0 Å². The van der Waals surface area contributed by atoms with Gasteiger partial charge in [0.1, 0.15) is 0 Å². The van der Waals surface area contributed by atoms with Gasteiger partial charge in [0.25, 0.3) is 6.54 Å². The standard InChI is InChI=1S/C10H20NO2/c1-2-3-4-5-6-7-8-9-10-11(12)13/h10H,2-9H2,1H3. The molecule has 0 aromatic carbocycles. The lowest BCUT2D eigenvalue weighted by Crippen LogP contribution is -1.92. The summed E-state index contributed by atoms with van der Waals surface area (Å²) >= 11 is 0. The molecule has 0 rings (SSSR count). The van der Waals surface area contributed by atoms with E-state index in [4.69, 9.17) is 0 Å². The molecule has 0 bridgehead atoms. The third-order valence-corrected chi connectivity index (χ3v) is 2.09. The summed E-state index contributed by atoms with van der Waals surface area (Å²) in [5, 5.41) is 9.92. The van der Waals surface area contributed by atoms with E-state index in [1.54, 1.807) is 0 Å². The molecule has 0 aromatic heterocycles. The van der Waals surface area contributed by atoms with Gasteiger partial charge < -0.3 is 0 Å². The second-order valence-electron chi connectivity index (χ2n) is 3.38. The summed E-state index contributed by atoms with van der Waals surface area (Å²) < 4.78 is 0. The quantitative estimate of drug-likeness (QED) is 0.314. The van der Waals surface area contributed by atoms with Gasteiger partial charge in [0.15, 0.2) is 0 Å². The highest BCUT2D eigenvalue weighted by molar-refractivity contribution is 4.51. The first-order valence-corrected chi connectivity index (χ1v) is 5.24. The average molecular weight is 186 g/mol. The van der Waals surface area contributed by atoms with E-state index in [0.29, 0.717) is 6.42 Å². The van der Waals surface area contributed by atoms with Crippen LogP contribution in [0.25, 0.3) is 0 Å². The number of hydrogen-bond acceptors (Lipinski definition) is 2. The Morgan fingerprint density at radius 1 is 1.08 bits per heavy atom. The summed E-state index contributed by atoms with van der Waals surface area (Å²) in [5.41, 5.74) is 0. The van der Waals surface area contributed by atoms with Crippen LogP contribution < -0.4 is 0 Å². The van der Waals surface area contributed by atoms with Gasteiger partial charge >= 0.3 is 0 Å². The first-order chi connectivity index (χ1) is 6.27. The Bertz CT molecular complexity index is 126. The van der Waals surface area contributed by atoms with Crippen LogP contribution in [0.1, 0.15) is 58.3 Å². The van der Waals surface area contributed by atoms with Gasteiger partial charge in [-0.25, -0.2) is 0 Å². The number of unbranched alkanes of at least 4 members (excludes halogenated alkanes) is 7. The van der Waals surface area contributed by atoms with Crippen LogP contribution in [-0.4, -0.2) is 4.92 Å². The molecule has 0 spiro atoms. The van der Waals surface area contributed by atoms with Crippen molar-refractivity contribution in [3.8, 4) is 0 Å². The number of rotatable bonds is 9. The number of hydrogen-bond donors (Lipinski definition) is 0. The largest absolute Gasteiger partial charge is 0.279 e. The Labute approximate surface area is 80.7 Å². The summed E-state index contributed by atoms with van der Waals surface area (Å²) in [6.07, 6.45) is 9.14. The zero-order valence-electron chi connectivity index (χ0n) is 8.50. The molecule has 0 amide bonds. The molecule has 0 saturated heterocycles. The summed E-state index contributed by atoms with van der Waals surface area (Å²) in [4.78, 5) is 9.57. The molecule has 0 heterocycles. The van der Waals surface area contributed by atoms with Crippen LogP contribution in [0.15, 0.2) is 0 Å². The number of nitrogens with zero attached hydrogens (tertiary/aromatic N) is 1. The monoisotopic (exact) mass is 186 g/mol. The summed E-state index contributed by atoms with van der Waals surface area (Å²) in [6, 6.07) is 0. The maximum atomic E-state index is 9.92. The van der Waals surface area contributed by atoms with Gasteiger partial charge in [0.05, 0.1) is 0 Å². The van der Waals surface area contributed by atoms with E-state index in [-0.39, 0.29) is 4.92 Å². The van der Waals surface area contributed by atoms with Crippen molar-refractivity contribution < 1.29 is 4.92 Å². The third-order valence-electron chi connectivity index (χ3n) is 2.09. The Balaban J connectivity index is 2.87. The molecule has 0 aliphatic rings. The molecule has 0 N–H and O–H groups in total. The molecule has 0 fully saturated rings. The van der Waals surface area contributed by atoms with Gasteiger partial charge in [-0.2, -0.15) is 0 Å². The summed E-state index contributed by atoms with van der Waals surface area (Å²) in [7, 11) is 0. The van der Waals surface area contributed by atoms with Crippen molar-refractivity contribution in [3.05, 3.63) is 16.7 Å². The van der Waals surface area contributed by atoms with Crippen LogP contribution in [0, 0.1) is 16.7 Å². The minimum Gasteiger partial charge on any atom is -0.264 e. The second kappa shape index (κ2) is 9.49. The Hall–Kier alpha value is -0.600. The highest BCUT2D eigenvalue weighted by Gasteiger charge is 1.98. The smallest absolute Gasteiger partial charge is 0.264 e. The molecule has 13 heavy (non-hydrogen) atoms. The van der Waals surface area contributed by atoms with E-state index in [2.05, 4.69) is 6.92 Å². The van der Waals surface area contributed by atoms with Gasteiger partial charge in [-0.15, -0.1) is 0 Å². The van der Waals surface area contributed by atoms with Crippen molar-refractivity contribution in [2.24, 2.45) is 0 Å². The predicted molar refractivity (Wildman–Crippen MR) is 53.9 cm³/mol. The van der Waals surface area contributed by atoms with Crippen LogP contribution in [0.3, 0.4) is 0 Å². The Morgan fingerprint density at radius 2 is 1.62 bits per heavy atom. The maximum Gasteiger partial charge on any atom is 0.279 e. The molecule has 3 heteroatoms. The zero-order chi connectivity index (χ0) is 9.94. The van der Waals surface area contributed by atoms with Gasteiger partial charge in [-0.05, 0) is 6.42 Å². The average Bonchev–Trinajstić information content (AvgIpc) is 2.09. The normalized spacial score (nSPS) is 10.2. The van der Waals surface area contributed by atoms with Crippen molar-refractivity contribution in [2.45, 2.75) is 58.3 Å². The van der Waals surface area contributed by atoms with Gasteiger partial charge in [0.2, 0.25) is 0 Å². The van der Waals surface area contributed by atoms with Crippen LogP contribution in [0.4, 0.5) is 0 Å². The highest BCUT2D eigenvalue weighted by atomic mass is 16.6. The Kier molecular flexibility index (Phi) is 9.05. The highest BCUT2D eigenvalue weighted by Crippen LogP contribution is 2.08. The molecule has 0 aliphatic heterocycles. The van der Waals surface area contributed by atoms with Crippen LogP contribution in [0.2, 0.25) is 0 Å². The topological polar surface area (TPSA) is 43.1 Å². The third kappa shape index (κ3) is 11.4. The van der Waals surface area contributed by atoms with Crippen molar-refractivity contribution >= 4 is 0 Å². The van der Waals surface area contributed by atoms with Crippen LogP contribution >= 0.6 is 0 Å². The first-order valence-electron chi connectivity index (χ1n) is 5.24. The fourth-order valence-electron chi connectivity index (χ4n) is 1.30. The predicted octanol–water partition coefficient (Wildman–Crippen LogP) is 3.57. The molecule has 0 atom stereocenters. The van der Waals surface area contributed by atoms with Gasteiger partial charge in [-0.1, -0.05) is 45.4 Å². The SMILES string of the molecule is CCCCCCCCC[CH][N+](=O)[O-]. The van der Waals surface area contributed by atoms with Gasteiger partial charge in [0, 0.05) is 11.3 Å². The minimum absolute atomic E-state index is 0.350. The molecule has 3 nitrogen and oxygen atoms in total. The summed E-state index contributed by atoms with van der Waals surface area (Å²) in [5.74, 6) is 0. The fraction of sp³-hybridized carbons (Fsp3) is 0.900. The van der Waals surface area contributed by atoms with Crippen LogP contribution in [-0.2, 0) is 0 Å². The van der Waals surface area contributed by atoms with E-state index < -0.39 is 0 Å². The fourth-order valence-corrected chi connectivity index (χ4v) is 1.30. The van der Waals surface area contributed by atoms with E-state index in [0.717, 1.165) is 19.4 Å². The number of nitro groups is 1. The van der Waals surface area contributed by atoms with E-state index in [9.17, 15) is 10.1 Å². The molecule has 0 aromatic rings. The first kappa shape index (κ1) is 12.4. The Morgan fingerprint density at radius 3 is 2.15 bits per heavy atom. The van der Waals surface area contributed by atoms with E-state index in [1.165, 1.54) is 32.1 Å². The van der Waals surface area contributed by atoms with Gasteiger partial charge in [-0.3, -0.25) is 10.1 Å². The van der Waals surface area contributed by atoms with E-state index in [1.807, 2.05) is 0 Å². The molecule has 0 unspecified atom stereocenters. The van der Waals surface area contributed by atoms with Crippen molar-refractivity contribution in [2.75, 3.05) is 0 Å². The molecule has 0 aliphatic carbocycles. The molecule has 77 valence electrons. The summed E-state index contributed by atoms with van der Waals surface area (Å²) in [6.45, 7) is 3.36. The minimum atomic E-state index is -0.350. The molecule has 0 saturated carbocycles. The molecular weight excluding hydrogens is 166 g/mol. The maximum absolute atomic E-state index is 9.92. The lowest BCUT2D eigenvalue weighted by atomic mass is 10.1. The second-order valence-corrected chi connectivity index (χ2v) is 3.38. The van der Waals surface area contributed by atoms with Crippen molar-refractivity contribution in [1.29, 1.82) is 0 Å². The zero-order valence-corrected chi connectivity index (χ0v) is 8.50. The van der Waals surface area contributed by atoms with Crippen molar-refractivity contribution in [3.63, 3.8) is 0 Å². The lowest BCUT2D eigenvalue weighted by Gasteiger charge is -1.98.